The lowest BCUT2D eigenvalue weighted by molar-refractivity contribution is 0.240. The zero-order valence-corrected chi connectivity index (χ0v) is 17.6. The second kappa shape index (κ2) is 10.4. The fourth-order valence-corrected chi connectivity index (χ4v) is 3.25. The Balaban J connectivity index is 0.00000288. The number of hydrogen-bond acceptors (Lipinski definition) is 2. The summed E-state index contributed by atoms with van der Waals surface area (Å²) in [5, 5.41) is 7.03. The highest BCUT2D eigenvalue weighted by Gasteiger charge is 2.27. The Morgan fingerprint density at radius 3 is 2.54 bits per heavy atom. The van der Waals surface area contributed by atoms with Gasteiger partial charge in [0, 0.05) is 30.2 Å². The molecule has 1 aromatic rings. The van der Waals surface area contributed by atoms with E-state index in [4.69, 9.17) is 11.6 Å². The van der Waals surface area contributed by atoms with Crippen molar-refractivity contribution < 1.29 is 4.39 Å². The van der Waals surface area contributed by atoms with Crippen molar-refractivity contribution in [2.24, 2.45) is 4.99 Å². The number of guanidine groups is 1. The third-order valence-electron chi connectivity index (χ3n) is 4.03. The third kappa shape index (κ3) is 5.74. The van der Waals surface area contributed by atoms with Gasteiger partial charge in [0.25, 0.3) is 0 Å². The topological polar surface area (TPSA) is 39.7 Å². The van der Waals surface area contributed by atoms with Gasteiger partial charge in [-0.1, -0.05) is 17.7 Å². The van der Waals surface area contributed by atoms with Gasteiger partial charge < -0.3 is 10.6 Å². The van der Waals surface area contributed by atoms with E-state index < -0.39 is 0 Å². The van der Waals surface area contributed by atoms with Crippen LogP contribution < -0.4 is 10.6 Å². The van der Waals surface area contributed by atoms with E-state index in [1.807, 2.05) is 0 Å². The van der Waals surface area contributed by atoms with Crippen LogP contribution in [0, 0.1) is 5.82 Å². The summed E-state index contributed by atoms with van der Waals surface area (Å²) in [5.74, 6) is 0.472. The lowest BCUT2D eigenvalue weighted by Crippen LogP contribution is -2.45. The molecule has 7 heteroatoms. The predicted octanol–water partition coefficient (Wildman–Crippen LogP) is 3.81. The normalized spacial score (nSPS) is 16.8. The zero-order chi connectivity index (χ0) is 16.8. The van der Waals surface area contributed by atoms with Gasteiger partial charge in [-0.2, -0.15) is 0 Å². The van der Waals surface area contributed by atoms with Crippen molar-refractivity contribution in [1.82, 2.24) is 15.5 Å². The van der Waals surface area contributed by atoms with E-state index in [2.05, 4.69) is 34.4 Å². The van der Waals surface area contributed by atoms with Crippen LogP contribution in [0.25, 0.3) is 0 Å². The molecular formula is C17H27ClFIN4. The Morgan fingerprint density at radius 2 is 2.00 bits per heavy atom. The lowest BCUT2D eigenvalue weighted by Gasteiger charge is -2.30. The fourth-order valence-electron chi connectivity index (χ4n) is 2.96. The van der Waals surface area contributed by atoms with E-state index >= 15 is 0 Å². The number of nitrogens with one attached hydrogen (secondary N) is 2. The molecule has 0 spiro atoms. The molecule has 1 aromatic carbocycles. The number of likely N-dealkylation sites (tertiary alicyclic amines) is 1. The molecule has 2 rings (SSSR count). The van der Waals surface area contributed by atoms with Crippen LogP contribution in [0.15, 0.2) is 23.2 Å². The number of rotatable bonds is 5. The molecule has 0 aromatic heterocycles. The summed E-state index contributed by atoms with van der Waals surface area (Å²) in [6, 6.07) is 5.06. The molecule has 2 N–H and O–H groups in total. The summed E-state index contributed by atoms with van der Waals surface area (Å²) in [5.41, 5.74) is 0.573. The van der Waals surface area contributed by atoms with Crippen LogP contribution in [0.5, 0.6) is 0 Å². The second-order valence-electron chi connectivity index (χ2n) is 6.15. The van der Waals surface area contributed by atoms with Gasteiger partial charge in [-0.15, -0.1) is 24.0 Å². The van der Waals surface area contributed by atoms with Gasteiger partial charge in [0.05, 0.1) is 6.04 Å². The van der Waals surface area contributed by atoms with E-state index in [-0.39, 0.29) is 41.9 Å². The molecule has 1 saturated heterocycles. The predicted molar refractivity (Wildman–Crippen MR) is 110 cm³/mol. The molecule has 0 aliphatic carbocycles. The lowest BCUT2D eigenvalue weighted by atomic mass is 10.0. The van der Waals surface area contributed by atoms with Crippen molar-refractivity contribution in [1.29, 1.82) is 0 Å². The van der Waals surface area contributed by atoms with Crippen molar-refractivity contribution in [2.75, 3.05) is 26.7 Å². The molecule has 1 heterocycles. The minimum atomic E-state index is -0.247. The quantitative estimate of drug-likeness (QED) is 0.392. The Hall–Kier alpha value is -0.600. The standard InChI is InChI=1S/C17H26ClFN4.HI/c1-12(2)22-17(20-3)21-11-15(23-9-4-5-10-23)16-13(18)7-6-8-14(16)19;/h6-8,12,15H,4-5,9-11H2,1-3H3,(H2,20,21,22);1H. The third-order valence-corrected chi connectivity index (χ3v) is 4.36. The van der Waals surface area contributed by atoms with Gasteiger partial charge in [0.15, 0.2) is 5.96 Å². The molecule has 1 aliphatic heterocycles. The summed E-state index contributed by atoms with van der Waals surface area (Å²) in [7, 11) is 1.73. The van der Waals surface area contributed by atoms with Crippen molar-refractivity contribution >= 4 is 41.5 Å². The van der Waals surface area contributed by atoms with Gasteiger partial charge in [-0.05, 0) is 51.9 Å². The van der Waals surface area contributed by atoms with Crippen LogP contribution in [0.2, 0.25) is 5.02 Å². The molecule has 136 valence electrons. The highest BCUT2D eigenvalue weighted by atomic mass is 127. The first-order valence-electron chi connectivity index (χ1n) is 8.18. The van der Waals surface area contributed by atoms with Crippen LogP contribution in [-0.4, -0.2) is 43.6 Å². The maximum atomic E-state index is 14.4. The van der Waals surface area contributed by atoms with Crippen LogP contribution in [-0.2, 0) is 0 Å². The molecule has 4 nitrogen and oxygen atoms in total. The largest absolute Gasteiger partial charge is 0.354 e. The summed E-state index contributed by atoms with van der Waals surface area (Å²) >= 11 is 6.30. The smallest absolute Gasteiger partial charge is 0.191 e. The average Bonchev–Trinajstić information content (AvgIpc) is 3.02. The number of benzene rings is 1. The first-order chi connectivity index (χ1) is 11.0. The van der Waals surface area contributed by atoms with Gasteiger partial charge in [0.2, 0.25) is 0 Å². The monoisotopic (exact) mass is 468 g/mol. The highest BCUT2D eigenvalue weighted by Crippen LogP contribution is 2.31. The van der Waals surface area contributed by atoms with Crippen molar-refractivity contribution in [2.45, 2.75) is 38.8 Å². The Bertz CT molecular complexity index is 527. The Labute approximate surface area is 166 Å². The van der Waals surface area contributed by atoms with Crippen molar-refractivity contribution in [3.8, 4) is 0 Å². The highest BCUT2D eigenvalue weighted by molar-refractivity contribution is 14.0. The minimum Gasteiger partial charge on any atom is -0.354 e. The van der Waals surface area contributed by atoms with E-state index in [0.717, 1.165) is 31.9 Å². The summed E-state index contributed by atoms with van der Waals surface area (Å²) in [6.45, 7) is 6.60. The van der Waals surface area contributed by atoms with Gasteiger partial charge in [-0.25, -0.2) is 4.39 Å². The van der Waals surface area contributed by atoms with Gasteiger partial charge in [-0.3, -0.25) is 9.89 Å². The molecule has 0 saturated carbocycles. The summed E-state index contributed by atoms with van der Waals surface area (Å²) < 4.78 is 14.4. The van der Waals surface area contributed by atoms with Crippen LogP contribution in [0.3, 0.4) is 0 Å². The molecular weight excluding hydrogens is 442 g/mol. The maximum Gasteiger partial charge on any atom is 0.191 e. The number of nitrogens with zero attached hydrogens (tertiary/aromatic N) is 2. The van der Waals surface area contributed by atoms with E-state index in [9.17, 15) is 4.39 Å². The molecule has 1 atom stereocenters. The molecule has 1 aliphatic rings. The average molecular weight is 469 g/mol. The second-order valence-corrected chi connectivity index (χ2v) is 6.55. The minimum absolute atomic E-state index is 0. The Kier molecular flexibility index (Phi) is 9.30. The van der Waals surface area contributed by atoms with E-state index in [1.54, 1.807) is 19.2 Å². The van der Waals surface area contributed by atoms with E-state index in [1.165, 1.54) is 6.07 Å². The number of halogens is 3. The first-order valence-corrected chi connectivity index (χ1v) is 8.56. The molecule has 0 radical (unpaired) electrons. The SMILES string of the molecule is CN=C(NCC(c1c(F)cccc1Cl)N1CCCC1)NC(C)C.I. The van der Waals surface area contributed by atoms with Crippen LogP contribution in [0.1, 0.15) is 38.3 Å². The van der Waals surface area contributed by atoms with Crippen LogP contribution >= 0.6 is 35.6 Å². The Morgan fingerprint density at radius 1 is 1.33 bits per heavy atom. The number of hydrogen-bond donors (Lipinski definition) is 2. The molecule has 1 unspecified atom stereocenters. The molecule has 24 heavy (non-hydrogen) atoms. The molecule has 0 bridgehead atoms. The molecule has 0 amide bonds. The zero-order valence-electron chi connectivity index (χ0n) is 14.5. The summed E-state index contributed by atoms with van der Waals surface area (Å²) in [4.78, 5) is 6.51. The van der Waals surface area contributed by atoms with Gasteiger partial charge >= 0.3 is 0 Å². The maximum absolute atomic E-state index is 14.4. The van der Waals surface area contributed by atoms with Crippen molar-refractivity contribution in [3.63, 3.8) is 0 Å². The van der Waals surface area contributed by atoms with Crippen molar-refractivity contribution in [3.05, 3.63) is 34.6 Å². The fraction of sp³-hybridized carbons (Fsp3) is 0.588. The number of aliphatic imine (C=N–C) groups is 1. The van der Waals surface area contributed by atoms with E-state index in [0.29, 0.717) is 17.1 Å². The van der Waals surface area contributed by atoms with Gasteiger partial charge in [0.1, 0.15) is 5.82 Å². The molecule has 1 fully saturated rings. The summed E-state index contributed by atoms with van der Waals surface area (Å²) in [6.07, 6.45) is 2.28. The first kappa shape index (κ1) is 21.4. The van der Waals surface area contributed by atoms with Crippen LogP contribution in [0.4, 0.5) is 4.39 Å².